The monoisotopic (exact) mass is 646 g/mol. The second kappa shape index (κ2) is 14.0. The summed E-state index contributed by atoms with van der Waals surface area (Å²) in [5, 5.41) is 26.3. The summed E-state index contributed by atoms with van der Waals surface area (Å²) >= 11 is 0. The van der Waals surface area contributed by atoms with Gasteiger partial charge < -0.3 is 25.6 Å². The number of benzene rings is 1. The van der Waals surface area contributed by atoms with Crippen molar-refractivity contribution < 1.29 is 51.3 Å². The van der Waals surface area contributed by atoms with Crippen molar-refractivity contribution in [3.05, 3.63) is 64.4 Å². The molecule has 4 N–H and O–H groups in total. The molecule has 1 unspecified atom stereocenters. The number of ether oxygens (including phenoxy) is 1. The van der Waals surface area contributed by atoms with Crippen molar-refractivity contribution >= 4 is 31.6 Å². The van der Waals surface area contributed by atoms with Crippen molar-refractivity contribution in [3.63, 3.8) is 0 Å². The number of carbonyl (C=O) groups excluding carboxylic acids is 1. The van der Waals surface area contributed by atoms with E-state index in [9.17, 15) is 36.6 Å². The van der Waals surface area contributed by atoms with Crippen LogP contribution in [0.5, 0.6) is 5.88 Å². The average molecular weight is 647 g/mol. The Morgan fingerprint density at radius 3 is 2.11 bits per heavy atom. The van der Waals surface area contributed by atoms with Gasteiger partial charge in [0.15, 0.2) is 0 Å². The molecule has 3 rings (SSSR count). The van der Waals surface area contributed by atoms with Crippen molar-refractivity contribution in [1.82, 2.24) is 20.2 Å². The lowest BCUT2D eigenvalue weighted by atomic mass is 9.98. The molecule has 16 heteroatoms. The van der Waals surface area contributed by atoms with Gasteiger partial charge in [-0.1, -0.05) is 31.8 Å². The maximum Gasteiger partial charge on any atom is 0.490 e. The third-order valence-electron chi connectivity index (χ3n) is 6.39. The number of aryl methyl sites for hydroxylation is 2. The molecule has 2 heterocycles. The highest BCUT2D eigenvalue weighted by Gasteiger charge is 2.38. The molecule has 0 saturated carbocycles. The Morgan fingerprint density at radius 1 is 1.05 bits per heavy atom. The number of pyridine rings is 1. The number of hydrogen-bond acceptors (Lipinski definition) is 5. The van der Waals surface area contributed by atoms with Gasteiger partial charge in [0, 0.05) is 20.7 Å². The minimum absolute atomic E-state index is 0.0983. The van der Waals surface area contributed by atoms with Crippen LogP contribution in [0.15, 0.2) is 30.3 Å². The highest BCUT2D eigenvalue weighted by atomic mass is 28.3. The molecule has 242 valence electrons. The van der Waals surface area contributed by atoms with Crippen LogP contribution in [0.1, 0.15) is 40.5 Å². The summed E-state index contributed by atoms with van der Waals surface area (Å²) in [4.78, 5) is 33.6. The molecule has 1 aromatic carbocycles. The number of aliphatic carboxylic acids is 1. The normalized spacial score (nSPS) is 13.0. The molecular weight excluding hydrogens is 611 g/mol. The molecule has 0 saturated heterocycles. The number of nitrogens with one attached hydrogen (secondary N) is 2. The molecular formula is C28H35F5N4O6Si. The molecule has 0 aliphatic rings. The predicted molar refractivity (Wildman–Crippen MR) is 154 cm³/mol. The molecule has 10 nitrogen and oxygen atoms in total. The SMILES string of the molecule is Cc1cc(OCc2c(F)cccc2F)n2nc(C)c(C(=O)NCC(C)(CC[Si](C)(C)C)NC(=O)O)c2c1.O=C(O)C(F)(F)F. The highest BCUT2D eigenvalue weighted by molar-refractivity contribution is 6.76. The maximum absolute atomic E-state index is 14.1. The Balaban J connectivity index is 0.000000860. The van der Waals surface area contributed by atoms with E-state index in [1.165, 1.54) is 10.6 Å². The van der Waals surface area contributed by atoms with Crippen LogP contribution in [0.3, 0.4) is 0 Å². The Labute approximate surface area is 251 Å². The van der Waals surface area contributed by atoms with Gasteiger partial charge >= 0.3 is 18.2 Å². The van der Waals surface area contributed by atoms with Crippen LogP contribution in [0.4, 0.5) is 26.7 Å². The smallest absolute Gasteiger partial charge is 0.475 e. The van der Waals surface area contributed by atoms with E-state index < -0.39 is 49.4 Å². The van der Waals surface area contributed by atoms with Gasteiger partial charge in [-0.2, -0.15) is 22.8 Å². The second-order valence-corrected chi connectivity index (χ2v) is 17.3. The number of carbonyl (C=O) groups is 3. The first-order chi connectivity index (χ1) is 20.1. The second-order valence-electron chi connectivity index (χ2n) is 11.7. The molecule has 0 spiro atoms. The summed E-state index contributed by atoms with van der Waals surface area (Å²) in [5.74, 6) is -4.36. The van der Waals surface area contributed by atoms with Gasteiger partial charge in [0.2, 0.25) is 5.88 Å². The van der Waals surface area contributed by atoms with Crippen molar-refractivity contribution in [2.24, 2.45) is 0 Å². The topological polar surface area (TPSA) is 142 Å². The number of hydrogen-bond donors (Lipinski definition) is 4. The summed E-state index contributed by atoms with van der Waals surface area (Å²) in [5.41, 5.74) is 0.926. The number of nitrogens with zero attached hydrogens (tertiary/aromatic N) is 2. The molecule has 1 atom stereocenters. The Kier molecular flexibility index (Phi) is 11.5. The van der Waals surface area contributed by atoms with E-state index in [1.54, 1.807) is 26.0 Å². The summed E-state index contributed by atoms with van der Waals surface area (Å²) < 4.78 is 67.0. The lowest BCUT2D eigenvalue weighted by molar-refractivity contribution is -0.192. The number of amides is 2. The first-order valence-electron chi connectivity index (χ1n) is 13.3. The summed E-state index contributed by atoms with van der Waals surface area (Å²) in [6.45, 7) is 11.6. The van der Waals surface area contributed by atoms with Gasteiger partial charge in [0.25, 0.3) is 5.91 Å². The zero-order valence-electron chi connectivity index (χ0n) is 25.0. The first kappa shape index (κ1) is 36.0. The number of carboxylic acids is 1. The van der Waals surface area contributed by atoms with Crippen molar-refractivity contribution in [3.8, 4) is 5.88 Å². The predicted octanol–water partition coefficient (Wildman–Crippen LogP) is 5.93. The summed E-state index contributed by atoms with van der Waals surface area (Å²) in [6.07, 6.45) is -5.64. The van der Waals surface area contributed by atoms with E-state index in [0.717, 1.165) is 23.7 Å². The highest BCUT2D eigenvalue weighted by Crippen LogP contribution is 2.26. The van der Waals surface area contributed by atoms with E-state index in [2.05, 4.69) is 35.4 Å². The number of carboxylic acid groups (broad SMARTS) is 2. The van der Waals surface area contributed by atoms with Crippen molar-refractivity contribution in [1.29, 1.82) is 0 Å². The van der Waals surface area contributed by atoms with Crippen molar-refractivity contribution in [2.45, 2.75) is 71.2 Å². The van der Waals surface area contributed by atoms with Crippen LogP contribution in [0.25, 0.3) is 5.52 Å². The van der Waals surface area contributed by atoms with Crippen LogP contribution in [0, 0.1) is 25.5 Å². The maximum atomic E-state index is 14.1. The lowest BCUT2D eigenvalue weighted by Crippen LogP contribution is -2.53. The van der Waals surface area contributed by atoms with Gasteiger partial charge in [-0.25, -0.2) is 18.4 Å². The van der Waals surface area contributed by atoms with Gasteiger partial charge in [-0.05, 0) is 51.0 Å². The van der Waals surface area contributed by atoms with Gasteiger partial charge in [0.05, 0.1) is 27.9 Å². The molecule has 0 aliphatic heterocycles. The average Bonchev–Trinajstić information content (AvgIpc) is 3.20. The third-order valence-corrected chi connectivity index (χ3v) is 8.14. The van der Waals surface area contributed by atoms with E-state index >= 15 is 0 Å². The number of alkyl halides is 3. The van der Waals surface area contributed by atoms with E-state index in [0.29, 0.717) is 23.2 Å². The minimum atomic E-state index is -5.08. The fourth-order valence-electron chi connectivity index (χ4n) is 4.03. The van der Waals surface area contributed by atoms with E-state index in [1.807, 2.05) is 6.92 Å². The summed E-state index contributed by atoms with van der Waals surface area (Å²) in [7, 11) is -1.44. The fourth-order valence-corrected chi connectivity index (χ4v) is 5.33. The molecule has 3 aromatic rings. The number of fused-ring (bicyclic) bond motifs is 1. The van der Waals surface area contributed by atoms with Gasteiger partial charge in [-0.3, -0.25) is 4.79 Å². The summed E-state index contributed by atoms with van der Waals surface area (Å²) in [6, 6.07) is 7.92. The molecule has 0 bridgehead atoms. The van der Waals surface area contributed by atoms with Gasteiger partial charge in [-0.15, -0.1) is 0 Å². The zero-order chi connectivity index (χ0) is 33.6. The first-order valence-corrected chi connectivity index (χ1v) is 17.0. The van der Waals surface area contributed by atoms with Crippen LogP contribution >= 0.6 is 0 Å². The zero-order valence-corrected chi connectivity index (χ0v) is 26.0. The van der Waals surface area contributed by atoms with E-state index in [-0.39, 0.29) is 24.6 Å². The minimum Gasteiger partial charge on any atom is -0.475 e. The Hall–Kier alpha value is -4.21. The quantitative estimate of drug-likeness (QED) is 0.158. The van der Waals surface area contributed by atoms with Crippen LogP contribution in [-0.2, 0) is 11.4 Å². The van der Waals surface area contributed by atoms with E-state index in [4.69, 9.17) is 14.6 Å². The molecule has 2 amide bonds. The Bertz CT molecular complexity index is 1500. The standard InChI is InChI=1S/C26H34F2N4O4Si.C2HF3O2/c1-16-12-21-23(24(33)29-15-26(3,30-25(34)35)10-11-37(4,5)6)17(2)31-32(21)22(13-16)36-14-18-19(27)8-7-9-20(18)28;3-2(4,5)1(6)7/h7-9,12-13,30H,10-11,14-15H2,1-6H3,(H,29,33)(H,34,35);(H,6,7). The molecule has 0 radical (unpaired) electrons. The number of halogens is 5. The lowest BCUT2D eigenvalue weighted by Gasteiger charge is -2.32. The number of rotatable bonds is 10. The molecule has 0 fully saturated rings. The molecule has 2 aromatic heterocycles. The van der Waals surface area contributed by atoms with Crippen LogP contribution in [-0.4, -0.2) is 64.1 Å². The molecule has 0 aliphatic carbocycles. The number of aromatic nitrogens is 2. The molecule has 44 heavy (non-hydrogen) atoms. The van der Waals surface area contributed by atoms with Crippen LogP contribution < -0.4 is 15.4 Å². The van der Waals surface area contributed by atoms with Crippen LogP contribution in [0.2, 0.25) is 25.7 Å². The Morgan fingerprint density at radius 2 is 1.61 bits per heavy atom. The van der Waals surface area contributed by atoms with Gasteiger partial charge in [0.1, 0.15) is 18.2 Å². The fraction of sp³-hybridized carbons (Fsp3) is 0.429. The third kappa shape index (κ3) is 10.2. The van der Waals surface area contributed by atoms with Crippen molar-refractivity contribution in [2.75, 3.05) is 6.54 Å². The largest absolute Gasteiger partial charge is 0.490 e.